The first-order chi connectivity index (χ1) is 8.13. The summed E-state index contributed by atoms with van der Waals surface area (Å²) in [4.78, 5) is 2.96. The van der Waals surface area contributed by atoms with Gasteiger partial charge in [0.05, 0.1) is 4.99 Å². The van der Waals surface area contributed by atoms with Crippen molar-refractivity contribution in [2.24, 2.45) is 11.7 Å². The minimum atomic E-state index is 0.593. The molecule has 0 aliphatic rings. The molecule has 0 saturated heterocycles. The van der Waals surface area contributed by atoms with Crippen molar-refractivity contribution >= 4 is 22.9 Å². The standard InChI is InChI=1S/C14H22N2S/c1-3-12(2)11-16(10-9-14(15)17)13-7-5-4-6-8-13/h4-8,12H,3,9-11H2,1-2H3,(H2,15,17). The third-order valence-corrected chi connectivity index (χ3v) is 3.18. The molecule has 0 fully saturated rings. The van der Waals surface area contributed by atoms with E-state index in [-0.39, 0.29) is 0 Å². The van der Waals surface area contributed by atoms with E-state index < -0.39 is 0 Å². The summed E-state index contributed by atoms with van der Waals surface area (Å²) in [6.45, 7) is 6.46. The first kappa shape index (κ1) is 14.0. The normalized spacial score (nSPS) is 12.1. The minimum Gasteiger partial charge on any atom is -0.393 e. The van der Waals surface area contributed by atoms with Crippen molar-refractivity contribution in [2.45, 2.75) is 26.7 Å². The van der Waals surface area contributed by atoms with Crippen LogP contribution in [0.2, 0.25) is 0 Å². The molecule has 0 aliphatic carbocycles. The molecule has 3 heteroatoms. The summed E-state index contributed by atoms with van der Waals surface area (Å²) < 4.78 is 0. The fourth-order valence-electron chi connectivity index (χ4n) is 1.72. The Morgan fingerprint density at radius 3 is 2.53 bits per heavy atom. The van der Waals surface area contributed by atoms with Crippen LogP contribution in [0.5, 0.6) is 0 Å². The van der Waals surface area contributed by atoms with Crippen molar-refractivity contribution in [3.8, 4) is 0 Å². The lowest BCUT2D eigenvalue weighted by Crippen LogP contribution is -2.31. The molecule has 1 unspecified atom stereocenters. The second kappa shape index (κ2) is 7.28. The van der Waals surface area contributed by atoms with Gasteiger partial charge in [-0.25, -0.2) is 0 Å². The van der Waals surface area contributed by atoms with Gasteiger partial charge < -0.3 is 10.6 Å². The van der Waals surface area contributed by atoms with E-state index in [1.54, 1.807) is 0 Å². The average Bonchev–Trinajstić information content (AvgIpc) is 2.35. The van der Waals surface area contributed by atoms with E-state index in [4.69, 9.17) is 18.0 Å². The number of anilines is 1. The molecule has 1 atom stereocenters. The van der Waals surface area contributed by atoms with Crippen molar-refractivity contribution in [2.75, 3.05) is 18.0 Å². The molecule has 1 aromatic rings. The molecule has 17 heavy (non-hydrogen) atoms. The van der Waals surface area contributed by atoms with Crippen LogP contribution < -0.4 is 10.6 Å². The van der Waals surface area contributed by atoms with Gasteiger partial charge in [-0.05, 0) is 18.1 Å². The fraction of sp³-hybridized carbons (Fsp3) is 0.500. The van der Waals surface area contributed by atoms with Crippen molar-refractivity contribution in [3.05, 3.63) is 30.3 Å². The van der Waals surface area contributed by atoms with Crippen LogP contribution in [0.25, 0.3) is 0 Å². The number of nitrogens with two attached hydrogens (primary N) is 1. The summed E-state index contributed by atoms with van der Waals surface area (Å²) >= 11 is 4.96. The maximum Gasteiger partial charge on any atom is 0.0745 e. The molecule has 0 amide bonds. The van der Waals surface area contributed by atoms with Crippen molar-refractivity contribution in [3.63, 3.8) is 0 Å². The second-order valence-electron chi connectivity index (χ2n) is 4.51. The Balaban J connectivity index is 2.68. The predicted molar refractivity (Wildman–Crippen MR) is 79.5 cm³/mol. The number of thiocarbonyl (C=S) groups is 1. The van der Waals surface area contributed by atoms with E-state index >= 15 is 0 Å². The van der Waals surface area contributed by atoms with Gasteiger partial charge in [0.15, 0.2) is 0 Å². The highest BCUT2D eigenvalue weighted by atomic mass is 32.1. The monoisotopic (exact) mass is 250 g/mol. The molecule has 2 nitrogen and oxygen atoms in total. The number of nitrogens with zero attached hydrogens (tertiary/aromatic N) is 1. The van der Waals surface area contributed by atoms with E-state index in [9.17, 15) is 0 Å². The summed E-state index contributed by atoms with van der Waals surface area (Å²) in [7, 11) is 0. The molecule has 0 saturated carbocycles. The highest BCUT2D eigenvalue weighted by Crippen LogP contribution is 2.16. The lowest BCUT2D eigenvalue weighted by Gasteiger charge is -2.27. The first-order valence-electron chi connectivity index (χ1n) is 6.21. The third-order valence-electron chi connectivity index (χ3n) is 2.98. The number of benzene rings is 1. The second-order valence-corrected chi connectivity index (χ2v) is 5.04. The molecule has 0 bridgehead atoms. The summed E-state index contributed by atoms with van der Waals surface area (Å²) in [5, 5.41) is 0. The Morgan fingerprint density at radius 2 is 2.00 bits per heavy atom. The van der Waals surface area contributed by atoms with Gasteiger partial charge in [0.2, 0.25) is 0 Å². The SMILES string of the molecule is CCC(C)CN(CCC(N)=S)c1ccccc1. The Morgan fingerprint density at radius 1 is 1.35 bits per heavy atom. The average molecular weight is 250 g/mol. The number of hydrogen-bond donors (Lipinski definition) is 1. The van der Waals surface area contributed by atoms with E-state index in [2.05, 4.69) is 43.0 Å². The summed E-state index contributed by atoms with van der Waals surface area (Å²) in [5.41, 5.74) is 6.84. The quantitative estimate of drug-likeness (QED) is 0.753. The molecule has 2 N–H and O–H groups in total. The van der Waals surface area contributed by atoms with E-state index in [1.165, 1.54) is 12.1 Å². The molecule has 0 aromatic heterocycles. The Kier molecular flexibility index (Phi) is 5.98. The van der Waals surface area contributed by atoms with Gasteiger partial charge in [-0.3, -0.25) is 0 Å². The van der Waals surface area contributed by atoms with E-state index in [0.29, 0.717) is 10.9 Å². The minimum absolute atomic E-state index is 0.593. The van der Waals surface area contributed by atoms with Crippen LogP contribution in [0.4, 0.5) is 5.69 Å². The maximum atomic E-state index is 5.59. The Hall–Kier alpha value is -1.09. The summed E-state index contributed by atoms with van der Waals surface area (Å²) in [6, 6.07) is 10.5. The van der Waals surface area contributed by atoms with Crippen LogP contribution in [0, 0.1) is 5.92 Å². The molecular formula is C14H22N2S. The highest BCUT2D eigenvalue weighted by Gasteiger charge is 2.09. The molecule has 0 radical (unpaired) electrons. The van der Waals surface area contributed by atoms with Gasteiger partial charge >= 0.3 is 0 Å². The Bertz CT molecular complexity index is 337. The van der Waals surface area contributed by atoms with Gasteiger partial charge in [-0.2, -0.15) is 0 Å². The van der Waals surface area contributed by atoms with Gasteiger partial charge in [-0.15, -0.1) is 0 Å². The smallest absolute Gasteiger partial charge is 0.0745 e. The fourth-order valence-corrected chi connectivity index (χ4v) is 1.81. The number of para-hydroxylation sites is 1. The molecule has 1 aromatic carbocycles. The van der Waals surface area contributed by atoms with Gasteiger partial charge in [0.25, 0.3) is 0 Å². The van der Waals surface area contributed by atoms with Crippen LogP contribution in [-0.2, 0) is 0 Å². The predicted octanol–water partition coefficient (Wildman–Crippen LogP) is 3.22. The molecule has 0 aliphatic heterocycles. The van der Waals surface area contributed by atoms with Crippen LogP contribution in [0.15, 0.2) is 30.3 Å². The summed E-state index contributed by atoms with van der Waals surface area (Å²) in [5.74, 6) is 0.682. The Labute approximate surface area is 110 Å². The van der Waals surface area contributed by atoms with E-state index in [1.807, 2.05) is 6.07 Å². The van der Waals surface area contributed by atoms with Crippen molar-refractivity contribution < 1.29 is 0 Å². The van der Waals surface area contributed by atoms with Crippen LogP contribution in [-0.4, -0.2) is 18.1 Å². The van der Waals surface area contributed by atoms with Crippen LogP contribution in [0.3, 0.4) is 0 Å². The largest absolute Gasteiger partial charge is 0.393 e. The first-order valence-corrected chi connectivity index (χ1v) is 6.62. The number of rotatable bonds is 7. The van der Waals surface area contributed by atoms with Gasteiger partial charge in [-0.1, -0.05) is 50.7 Å². The maximum absolute atomic E-state index is 5.59. The topological polar surface area (TPSA) is 29.3 Å². The van der Waals surface area contributed by atoms with Crippen molar-refractivity contribution in [1.82, 2.24) is 0 Å². The molecule has 0 spiro atoms. The molecule has 0 heterocycles. The molecule has 94 valence electrons. The van der Waals surface area contributed by atoms with Crippen molar-refractivity contribution in [1.29, 1.82) is 0 Å². The zero-order valence-corrected chi connectivity index (χ0v) is 11.5. The summed E-state index contributed by atoms with van der Waals surface area (Å²) in [6.07, 6.45) is 1.97. The molecule has 1 rings (SSSR count). The highest BCUT2D eigenvalue weighted by molar-refractivity contribution is 7.80. The zero-order valence-electron chi connectivity index (χ0n) is 10.7. The lowest BCUT2D eigenvalue weighted by atomic mass is 10.1. The zero-order chi connectivity index (χ0) is 12.7. The van der Waals surface area contributed by atoms with Gasteiger partial charge in [0, 0.05) is 25.2 Å². The van der Waals surface area contributed by atoms with Crippen LogP contribution in [0.1, 0.15) is 26.7 Å². The van der Waals surface area contributed by atoms with Gasteiger partial charge in [0.1, 0.15) is 0 Å². The van der Waals surface area contributed by atoms with E-state index in [0.717, 1.165) is 19.5 Å². The van der Waals surface area contributed by atoms with Crippen LogP contribution >= 0.6 is 12.2 Å². The lowest BCUT2D eigenvalue weighted by molar-refractivity contribution is 0.545. The number of hydrogen-bond acceptors (Lipinski definition) is 2. The third kappa shape index (κ3) is 5.18. The molecular weight excluding hydrogens is 228 g/mol.